The highest BCUT2D eigenvalue weighted by Crippen LogP contribution is 2.25. The monoisotopic (exact) mass is 325 g/mol. The van der Waals surface area contributed by atoms with Crippen molar-refractivity contribution in [3.8, 4) is 0 Å². The molecular formula is C13H12ClN3O3S. The molecule has 0 aliphatic heterocycles. The number of halogens is 1. The van der Waals surface area contributed by atoms with Crippen LogP contribution in [0.1, 0.15) is 15.2 Å². The van der Waals surface area contributed by atoms with Crippen molar-refractivity contribution in [2.24, 2.45) is 0 Å². The van der Waals surface area contributed by atoms with Gasteiger partial charge in [-0.05, 0) is 24.3 Å². The molecule has 0 spiro atoms. The molecule has 2 N–H and O–H groups in total. The molecule has 1 aromatic carbocycles. The molecule has 0 fully saturated rings. The van der Waals surface area contributed by atoms with Gasteiger partial charge in [0.1, 0.15) is 0 Å². The zero-order valence-electron chi connectivity index (χ0n) is 11.1. The second kappa shape index (κ2) is 6.55. The third-order valence-electron chi connectivity index (χ3n) is 2.73. The molecule has 2 aromatic rings. The summed E-state index contributed by atoms with van der Waals surface area (Å²) < 4.78 is 0. The smallest absolute Gasteiger partial charge is 0.324 e. The van der Waals surface area contributed by atoms with Crippen molar-refractivity contribution < 1.29 is 9.72 Å². The van der Waals surface area contributed by atoms with Gasteiger partial charge in [0.2, 0.25) is 0 Å². The second-order valence-corrected chi connectivity index (χ2v) is 5.68. The van der Waals surface area contributed by atoms with E-state index in [2.05, 4.69) is 10.6 Å². The van der Waals surface area contributed by atoms with Gasteiger partial charge in [-0.3, -0.25) is 14.9 Å². The number of nitro groups is 1. The minimum atomic E-state index is -0.417. The molecule has 21 heavy (non-hydrogen) atoms. The van der Waals surface area contributed by atoms with Gasteiger partial charge in [-0.15, -0.1) is 0 Å². The lowest BCUT2D eigenvalue weighted by Crippen LogP contribution is -2.18. The van der Waals surface area contributed by atoms with Gasteiger partial charge in [-0.25, -0.2) is 0 Å². The molecule has 2 rings (SSSR count). The van der Waals surface area contributed by atoms with E-state index in [-0.39, 0.29) is 10.9 Å². The quantitative estimate of drug-likeness (QED) is 0.652. The van der Waals surface area contributed by atoms with Crippen LogP contribution in [0.15, 0.2) is 30.3 Å². The maximum absolute atomic E-state index is 11.6. The second-order valence-electron chi connectivity index (χ2n) is 4.12. The Bertz CT molecular complexity index is 687. The molecule has 0 bridgehead atoms. The molecule has 0 saturated carbocycles. The van der Waals surface area contributed by atoms with E-state index in [1.807, 2.05) is 0 Å². The summed E-state index contributed by atoms with van der Waals surface area (Å²) in [5, 5.41) is 16.7. The van der Waals surface area contributed by atoms with Crippen LogP contribution in [0.3, 0.4) is 0 Å². The van der Waals surface area contributed by atoms with Gasteiger partial charge in [0.15, 0.2) is 0 Å². The molecule has 1 amide bonds. The van der Waals surface area contributed by atoms with Crippen LogP contribution in [0.4, 0.5) is 10.7 Å². The van der Waals surface area contributed by atoms with Crippen LogP contribution in [0.2, 0.25) is 5.02 Å². The Labute approximate surface area is 129 Å². The number of hydrogen-bond acceptors (Lipinski definition) is 5. The van der Waals surface area contributed by atoms with Gasteiger partial charge in [0.25, 0.3) is 5.91 Å². The maximum Gasteiger partial charge on any atom is 0.324 e. The average Bonchev–Trinajstić information content (AvgIpc) is 2.94. The molecule has 110 valence electrons. The summed E-state index contributed by atoms with van der Waals surface area (Å²) in [7, 11) is 1.53. The highest BCUT2D eigenvalue weighted by atomic mass is 35.5. The largest absolute Gasteiger partial charge is 0.380 e. The van der Waals surface area contributed by atoms with E-state index in [1.165, 1.54) is 13.1 Å². The lowest BCUT2D eigenvalue weighted by atomic mass is 10.2. The Balaban J connectivity index is 2.09. The Morgan fingerprint density at radius 3 is 2.76 bits per heavy atom. The molecule has 0 aliphatic carbocycles. The number of hydrogen-bond donors (Lipinski definition) is 2. The van der Waals surface area contributed by atoms with Crippen molar-refractivity contribution in [2.75, 3.05) is 12.4 Å². The van der Waals surface area contributed by atoms with Crippen LogP contribution in [0.5, 0.6) is 0 Å². The van der Waals surface area contributed by atoms with Gasteiger partial charge >= 0.3 is 5.00 Å². The zero-order chi connectivity index (χ0) is 15.4. The first-order chi connectivity index (χ1) is 10.0. The molecule has 6 nitrogen and oxygen atoms in total. The third kappa shape index (κ3) is 3.71. The molecule has 0 saturated heterocycles. The molecule has 0 atom stereocenters. The molecule has 1 aromatic heterocycles. The maximum atomic E-state index is 11.6. The molecular weight excluding hydrogens is 314 g/mol. The predicted molar refractivity (Wildman–Crippen MR) is 83.1 cm³/mol. The Morgan fingerprint density at radius 2 is 2.14 bits per heavy atom. The van der Waals surface area contributed by atoms with Gasteiger partial charge < -0.3 is 10.6 Å². The Hall–Kier alpha value is -2.12. The Kier molecular flexibility index (Phi) is 4.77. The van der Waals surface area contributed by atoms with Crippen LogP contribution in [0, 0.1) is 10.1 Å². The van der Waals surface area contributed by atoms with Crippen molar-refractivity contribution in [2.45, 2.75) is 6.54 Å². The van der Waals surface area contributed by atoms with E-state index in [0.717, 1.165) is 16.2 Å². The Morgan fingerprint density at radius 1 is 1.38 bits per heavy atom. The number of carbonyl (C=O) groups is 1. The summed E-state index contributed by atoms with van der Waals surface area (Å²) in [5.74, 6) is -0.268. The summed E-state index contributed by atoms with van der Waals surface area (Å²) in [6.45, 7) is 0.438. The summed E-state index contributed by atoms with van der Waals surface area (Å²) in [5.41, 5.74) is 1.09. The van der Waals surface area contributed by atoms with Crippen molar-refractivity contribution in [3.63, 3.8) is 0 Å². The third-order valence-corrected chi connectivity index (χ3v) is 4.10. The summed E-state index contributed by atoms with van der Waals surface area (Å²) in [6, 6.07) is 8.19. The van der Waals surface area contributed by atoms with Crippen LogP contribution in [-0.4, -0.2) is 17.9 Å². The van der Waals surface area contributed by atoms with Crippen molar-refractivity contribution in [1.82, 2.24) is 5.32 Å². The van der Waals surface area contributed by atoms with E-state index in [1.54, 1.807) is 24.3 Å². The highest BCUT2D eigenvalue weighted by molar-refractivity contribution is 7.15. The van der Waals surface area contributed by atoms with Crippen molar-refractivity contribution >= 4 is 39.5 Å². The van der Waals surface area contributed by atoms with E-state index >= 15 is 0 Å². The molecule has 0 unspecified atom stereocenters. The van der Waals surface area contributed by atoms with Crippen LogP contribution in [0.25, 0.3) is 0 Å². The van der Waals surface area contributed by atoms with Gasteiger partial charge in [-0.2, -0.15) is 0 Å². The van der Waals surface area contributed by atoms with Crippen molar-refractivity contribution in [1.29, 1.82) is 0 Å². The summed E-state index contributed by atoms with van der Waals surface area (Å²) in [6.07, 6.45) is 0. The normalized spacial score (nSPS) is 10.2. The number of anilines is 1. The van der Waals surface area contributed by atoms with Gasteiger partial charge in [0, 0.05) is 30.2 Å². The van der Waals surface area contributed by atoms with Crippen molar-refractivity contribution in [3.05, 3.63) is 55.9 Å². The minimum Gasteiger partial charge on any atom is -0.380 e. The van der Waals surface area contributed by atoms with Crippen LogP contribution in [-0.2, 0) is 6.54 Å². The predicted octanol–water partition coefficient (Wildman–Crippen LogP) is 3.28. The number of amides is 1. The average molecular weight is 326 g/mol. The number of benzene rings is 1. The number of nitrogens with one attached hydrogen (secondary N) is 2. The first-order valence-electron chi connectivity index (χ1n) is 6.00. The van der Waals surface area contributed by atoms with Crippen LogP contribution < -0.4 is 10.6 Å². The number of thiophene rings is 1. The topological polar surface area (TPSA) is 84.3 Å². The fraction of sp³-hybridized carbons (Fsp3) is 0.154. The van der Waals surface area contributed by atoms with E-state index in [9.17, 15) is 14.9 Å². The highest BCUT2D eigenvalue weighted by Gasteiger charge is 2.11. The standard InChI is InChI=1S/C13H12ClN3O3S/c1-15-13(18)10-6-8(2-4-11(10)14)16-7-9-3-5-12(21-9)17(19)20/h2-6,16H,7H2,1H3,(H,15,18). The fourth-order valence-corrected chi connectivity index (χ4v) is 2.66. The van der Waals surface area contributed by atoms with E-state index in [0.29, 0.717) is 22.8 Å². The zero-order valence-corrected chi connectivity index (χ0v) is 12.6. The number of rotatable bonds is 5. The minimum absolute atomic E-state index is 0.106. The summed E-state index contributed by atoms with van der Waals surface area (Å²) in [4.78, 5) is 22.7. The van der Waals surface area contributed by atoms with Gasteiger partial charge in [0.05, 0.1) is 15.5 Å². The van der Waals surface area contributed by atoms with E-state index in [4.69, 9.17) is 11.6 Å². The molecule has 8 heteroatoms. The van der Waals surface area contributed by atoms with Gasteiger partial charge in [-0.1, -0.05) is 22.9 Å². The van der Waals surface area contributed by atoms with E-state index < -0.39 is 4.92 Å². The molecule has 0 aliphatic rings. The summed E-state index contributed by atoms with van der Waals surface area (Å²) >= 11 is 7.08. The lowest BCUT2D eigenvalue weighted by molar-refractivity contribution is -0.380. The fourth-order valence-electron chi connectivity index (χ4n) is 1.69. The van der Waals surface area contributed by atoms with Crippen LogP contribution >= 0.6 is 22.9 Å². The lowest BCUT2D eigenvalue weighted by Gasteiger charge is -2.08. The number of carbonyl (C=O) groups excluding carboxylic acids is 1. The first-order valence-corrected chi connectivity index (χ1v) is 7.19. The number of nitrogens with zero attached hydrogens (tertiary/aromatic N) is 1. The molecule has 1 heterocycles. The SMILES string of the molecule is CNC(=O)c1cc(NCc2ccc([N+](=O)[O-])s2)ccc1Cl. The molecule has 0 radical (unpaired) electrons. The first kappa shape index (κ1) is 15.3.